The van der Waals surface area contributed by atoms with Crippen LogP contribution in [-0.4, -0.2) is 30.1 Å². The molecule has 5 heteroatoms. The van der Waals surface area contributed by atoms with Gasteiger partial charge in [0.05, 0.1) is 23.9 Å². The van der Waals surface area contributed by atoms with Gasteiger partial charge in [0.15, 0.2) is 0 Å². The number of carbonyl (C=O) groups excluding carboxylic acids is 1. The number of rotatable bonds is 4. The van der Waals surface area contributed by atoms with E-state index in [-0.39, 0.29) is 11.5 Å². The molecule has 0 unspecified atom stereocenters. The van der Waals surface area contributed by atoms with Crippen molar-refractivity contribution in [3.05, 3.63) is 23.4 Å². The molecule has 1 saturated carbocycles. The number of esters is 1. The zero-order valence-corrected chi connectivity index (χ0v) is 11.5. The molecule has 0 bridgehead atoms. The van der Waals surface area contributed by atoms with Gasteiger partial charge in [0.1, 0.15) is 5.82 Å². The quantitative estimate of drug-likeness (QED) is 0.811. The normalized spacial score (nSPS) is 17.2. The number of pyridine rings is 1. The average Bonchev–Trinajstić information content (AvgIpc) is 2.87. The molecule has 5 nitrogen and oxygen atoms in total. The lowest BCUT2D eigenvalue weighted by Gasteiger charge is -2.29. The first-order chi connectivity index (χ1) is 9.10. The molecule has 19 heavy (non-hydrogen) atoms. The van der Waals surface area contributed by atoms with E-state index in [1.807, 2.05) is 6.07 Å². The standard InChI is InChI=1S/C14H21N3O2/c1-10-11(13(18)19-2)5-6-12(16-10)17-14(9-15)7-3-4-8-14/h5-6H,3-4,7-9,15H2,1-2H3,(H,16,17). The monoisotopic (exact) mass is 263 g/mol. The zero-order valence-electron chi connectivity index (χ0n) is 11.5. The van der Waals surface area contributed by atoms with Crippen LogP contribution in [-0.2, 0) is 4.74 Å². The molecule has 104 valence electrons. The predicted molar refractivity (Wildman–Crippen MR) is 74.2 cm³/mol. The van der Waals surface area contributed by atoms with E-state index in [0.29, 0.717) is 17.8 Å². The minimum Gasteiger partial charge on any atom is -0.465 e. The third-order valence-corrected chi connectivity index (χ3v) is 3.84. The third-order valence-electron chi connectivity index (χ3n) is 3.84. The van der Waals surface area contributed by atoms with E-state index in [1.54, 1.807) is 13.0 Å². The fourth-order valence-corrected chi connectivity index (χ4v) is 2.66. The third kappa shape index (κ3) is 2.87. The van der Waals surface area contributed by atoms with Gasteiger partial charge in [-0.1, -0.05) is 12.8 Å². The molecule has 1 aliphatic carbocycles. The fraction of sp³-hybridized carbons (Fsp3) is 0.571. The summed E-state index contributed by atoms with van der Waals surface area (Å²) in [5.41, 5.74) is 7.02. The largest absolute Gasteiger partial charge is 0.465 e. The molecule has 1 heterocycles. The van der Waals surface area contributed by atoms with E-state index in [4.69, 9.17) is 10.5 Å². The molecule has 0 radical (unpaired) electrons. The van der Waals surface area contributed by atoms with Gasteiger partial charge in [-0.3, -0.25) is 0 Å². The molecule has 1 aliphatic rings. The average molecular weight is 263 g/mol. The first-order valence-corrected chi connectivity index (χ1v) is 6.64. The number of hydrogen-bond acceptors (Lipinski definition) is 5. The number of nitrogens with two attached hydrogens (primary N) is 1. The number of carbonyl (C=O) groups is 1. The highest BCUT2D eigenvalue weighted by Gasteiger charge is 2.32. The van der Waals surface area contributed by atoms with Gasteiger partial charge in [0.2, 0.25) is 0 Å². The maximum atomic E-state index is 11.5. The Morgan fingerprint density at radius 1 is 1.47 bits per heavy atom. The second-order valence-corrected chi connectivity index (χ2v) is 5.14. The topological polar surface area (TPSA) is 77.2 Å². The first-order valence-electron chi connectivity index (χ1n) is 6.64. The molecule has 2 rings (SSSR count). The molecule has 0 aromatic carbocycles. The Labute approximate surface area is 113 Å². The van der Waals surface area contributed by atoms with Crippen LogP contribution in [0.4, 0.5) is 5.82 Å². The van der Waals surface area contributed by atoms with Crippen LogP contribution in [0.25, 0.3) is 0 Å². The van der Waals surface area contributed by atoms with Gasteiger partial charge < -0.3 is 15.8 Å². The first kappa shape index (κ1) is 13.8. The molecular formula is C14H21N3O2. The molecule has 0 amide bonds. The molecule has 0 spiro atoms. The van der Waals surface area contributed by atoms with E-state index in [1.165, 1.54) is 20.0 Å². The zero-order chi connectivity index (χ0) is 13.9. The van der Waals surface area contributed by atoms with Gasteiger partial charge >= 0.3 is 5.97 Å². The Morgan fingerprint density at radius 2 is 2.16 bits per heavy atom. The van der Waals surface area contributed by atoms with Crippen LogP contribution >= 0.6 is 0 Å². The predicted octanol–water partition coefficient (Wildman–Crippen LogP) is 1.86. The number of ether oxygens (including phenoxy) is 1. The highest BCUT2D eigenvalue weighted by Crippen LogP contribution is 2.31. The second kappa shape index (κ2) is 5.57. The Morgan fingerprint density at radius 3 is 2.68 bits per heavy atom. The minimum absolute atomic E-state index is 0.0355. The van der Waals surface area contributed by atoms with Crippen molar-refractivity contribution in [1.82, 2.24) is 4.98 Å². The highest BCUT2D eigenvalue weighted by molar-refractivity contribution is 5.90. The van der Waals surface area contributed by atoms with E-state index in [0.717, 1.165) is 18.7 Å². The SMILES string of the molecule is COC(=O)c1ccc(NC2(CN)CCCC2)nc1C. The van der Waals surface area contributed by atoms with Crippen LogP contribution in [0.15, 0.2) is 12.1 Å². The Hall–Kier alpha value is -1.62. The number of nitrogens with zero attached hydrogens (tertiary/aromatic N) is 1. The molecule has 1 aromatic rings. The fourth-order valence-electron chi connectivity index (χ4n) is 2.66. The maximum absolute atomic E-state index is 11.5. The summed E-state index contributed by atoms with van der Waals surface area (Å²) in [7, 11) is 1.37. The van der Waals surface area contributed by atoms with Crippen molar-refractivity contribution in [3.8, 4) is 0 Å². The number of aryl methyl sites for hydroxylation is 1. The summed E-state index contributed by atoms with van der Waals surface area (Å²) in [6.07, 6.45) is 4.54. The summed E-state index contributed by atoms with van der Waals surface area (Å²) in [6, 6.07) is 3.56. The number of anilines is 1. The van der Waals surface area contributed by atoms with Crippen LogP contribution < -0.4 is 11.1 Å². The molecule has 1 aromatic heterocycles. The Kier molecular flexibility index (Phi) is 4.04. The minimum atomic E-state index is -0.356. The van der Waals surface area contributed by atoms with Crippen molar-refractivity contribution in [2.24, 2.45) is 5.73 Å². The van der Waals surface area contributed by atoms with Gasteiger partial charge in [-0.2, -0.15) is 0 Å². The van der Waals surface area contributed by atoms with Crippen LogP contribution in [0.2, 0.25) is 0 Å². The van der Waals surface area contributed by atoms with Gasteiger partial charge in [0, 0.05) is 6.54 Å². The van der Waals surface area contributed by atoms with Crippen molar-refractivity contribution >= 4 is 11.8 Å². The van der Waals surface area contributed by atoms with E-state index in [2.05, 4.69) is 10.3 Å². The van der Waals surface area contributed by atoms with Crippen LogP contribution in [0.5, 0.6) is 0 Å². The molecule has 0 aliphatic heterocycles. The van der Waals surface area contributed by atoms with Gasteiger partial charge in [-0.15, -0.1) is 0 Å². The smallest absolute Gasteiger partial charge is 0.339 e. The van der Waals surface area contributed by atoms with Crippen LogP contribution in [0.3, 0.4) is 0 Å². The highest BCUT2D eigenvalue weighted by atomic mass is 16.5. The molecule has 3 N–H and O–H groups in total. The van der Waals surface area contributed by atoms with Gasteiger partial charge in [-0.25, -0.2) is 9.78 Å². The lowest BCUT2D eigenvalue weighted by atomic mass is 9.98. The summed E-state index contributed by atoms with van der Waals surface area (Å²) in [6.45, 7) is 2.41. The van der Waals surface area contributed by atoms with Gasteiger partial charge in [-0.05, 0) is 31.9 Å². The summed E-state index contributed by atoms with van der Waals surface area (Å²) in [5.74, 6) is 0.420. The van der Waals surface area contributed by atoms with Crippen molar-refractivity contribution in [2.45, 2.75) is 38.1 Å². The van der Waals surface area contributed by atoms with Crippen molar-refractivity contribution in [3.63, 3.8) is 0 Å². The second-order valence-electron chi connectivity index (χ2n) is 5.14. The Bertz CT molecular complexity index is 468. The number of hydrogen-bond donors (Lipinski definition) is 2. The molecule has 1 fully saturated rings. The van der Waals surface area contributed by atoms with Crippen molar-refractivity contribution in [1.29, 1.82) is 0 Å². The van der Waals surface area contributed by atoms with Crippen molar-refractivity contribution in [2.75, 3.05) is 19.0 Å². The van der Waals surface area contributed by atoms with E-state index < -0.39 is 0 Å². The van der Waals surface area contributed by atoms with Crippen molar-refractivity contribution < 1.29 is 9.53 Å². The lowest BCUT2D eigenvalue weighted by Crippen LogP contribution is -2.43. The van der Waals surface area contributed by atoms with Crippen LogP contribution in [0.1, 0.15) is 41.7 Å². The van der Waals surface area contributed by atoms with E-state index >= 15 is 0 Å². The molecule has 0 atom stereocenters. The van der Waals surface area contributed by atoms with Crippen LogP contribution in [0, 0.1) is 6.92 Å². The number of aromatic nitrogens is 1. The lowest BCUT2D eigenvalue weighted by molar-refractivity contribution is 0.0599. The number of methoxy groups -OCH3 is 1. The van der Waals surface area contributed by atoms with E-state index in [9.17, 15) is 4.79 Å². The summed E-state index contributed by atoms with van der Waals surface area (Å²) in [5, 5.41) is 3.44. The maximum Gasteiger partial charge on any atom is 0.339 e. The molecular weight excluding hydrogens is 242 g/mol. The Balaban J connectivity index is 2.18. The summed E-state index contributed by atoms with van der Waals surface area (Å²) in [4.78, 5) is 15.9. The molecule has 0 saturated heterocycles. The summed E-state index contributed by atoms with van der Waals surface area (Å²) >= 11 is 0. The summed E-state index contributed by atoms with van der Waals surface area (Å²) < 4.78 is 4.71. The number of nitrogens with one attached hydrogen (secondary N) is 1. The van der Waals surface area contributed by atoms with Gasteiger partial charge in [0.25, 0.3) is 0 Å².